The van der Waals surface area contributed by atoms with Gasteiger partial charge in [-0.25, -0.2) is 0 Å². The Labute approximate surface area is 191 Å². The highest BCUT2D eigenvalue weighted by atomic mass is 127. The van der Waals surface area contributed by atoms with Crippen LogP contribution in [0, 0.1) is 0 Å². The number of hydrogen-bond donors (Lipinski definition) is 1. The molecule has 7 nitrogen and oxygen atoms in total. The molecule has 1 atom stereocenters. The van der Waals surface area contributed by atoms with Gasteiger partial charge in [0.2, 0.25) is 0 Å². The molecule has 1 fully saturated rings. The van der Waals surface area contributed by atoms with Crippen molar-refractivity contribution >= 4 is 29.9 Å². The van der Waals surface area contributed by atoms with Crippen molar-refractivity contribution < 1.29 is 4.74 Å². The first kappa shape index (κ1) is 23.6. The Bertz CT molecular complexity index is 730. The number of halogens is 1. The monoisotopic (exact) mass is 512 g/mol. The first-order valence-corrected chi connectivity index (χ1v) is 10.3. The van der Waals surface area contributed by atoms with Gasteiger partial charge in [-0.1, -0.05) is 37.3 Å². The number of nitrogens with one attached hydrogen (secondary N) is 1. The molecule has 3 rings (SSSR count). The molecule has 1 N–H and O–H groups in total. The smallest absolute Gasteiger partial charge is 0.194 e. The molecule has 0 saturated carbocycles. The minimum atomic E-state index is 0. The Balaban J connectivity index is 0.00000300. The molecule has 0 bridgehead atoms. The van der Waals surface area contributed by atoms with Crippen LogP contribution < -0.4 is 5.32 Å². The van der Waals surface area contributed by atoms with Gasteiger partial charge in [-0.05, 0) is 24.8 Å². The number of aromatic nitrogens is 3. The highest BCUT2D eigenvalue weighted by Crippen LogP contribution is 2.13. The van der Waals surface area contributed by atoms with Gasteiger partial charge in [0.15, 0.2) is 5.96 Å². The predicted octanol–water partition coefficient (Wildman–Crippen LogP) is 3.11. The van der Waals surface area contributed by atoms with Crippen molar-refractivity contribution in [2.45, 2.75) is 51.8 Å². The first-order chi connectivity index (χ1) is 13.8. The zero-order chi connectivity index (χ0) is 19.6. The lowest BCUT2D eigenvalue weighted by Gasteiger charge is -2.25. The fourth-order valence-electron chi connectivity index (χ4n) is 3.41. The van der Waals surface area contributed by atoms with Crippen LogP contribution >= 0.6 is 24.0 Å². The molecule has 2 heterocycles. The summed E-state index contributed by atoms with van der Waals surface area (Å²) in [5.74, 6) is 1.91. The fourth-order valence-corrected chi connectivity index (χ4v) is 3.41. The molecule has 0 amide bonds. The number of rotatable bonds is 8. The Morgan fingerprint density at radius 3 is 2.86 bits per heavy atom. The molecule has 1 aliphatic rings. The lowest BCUT2D eigenvalue weighted by Crippen LogP contribution is -2.40. The zero-order valence-electron chi connectivity index (χ0n) is 17.5. The second-order valence-corrected chi connectivity index (χ2v) is 7.22. The van der Waals surface area contributed by atoms with Crippen LogP contribution in [0.15, 0.2) is 41.7 Å². The van der Waals surface area contributed by atoms with Crippen LogP contribution in [0.1, 0.15) is 37.6 Å². The van der Waals surface area contributed by atoms with Gasteiger partial charge in [-0.3, -0.25) is 4.99 Å². The van der Waals surface area contributed by atoms with E-state index in [9.17, 15) is 0 Å². The van der Waals surface area contributed by atoms with Crippen LogP contribution in [-0.2, 0) is 24.2 Å². The summed E-state index contributed by atoms with van der Waals surface area (Å²) in [4.78, 5) is 7.04. The van der Waals surface area contributed by atoms with Gasteiger partial charge in [-0.15, -0.1) is 34.2 Å². The van der Waals surface area contributed by atoms with Crippen molar-refractivity contribution in [3.63, 3.8) is 0 Å². The number of nitrogens with zero attached hydrogens (tertiary/aromatic N) is 5. The molecule has 0 spiro atoms. The molecule has 8 heteroatoms. The summed E-state index contributed by atoms with van der Waals surface area (Å²) < 4.78 is 7.94. The SMILES string of the molecule is CCc1nncn1CCNC(=NCC1CCCCO1)N(C)Cc1ccccc1.I. The van der Waals surface area contributed by atoms with Crippen LogP contribution in [0.5, 0.6) is 0 Å². The Hall–Kier alpha value is -1.68. The molecule has 1 saturated heterocycles. The summed E-state index contributed by atoms with van der Waals surface area (Å²) in [6.45, 7) is 6.05. The number of aliphatic imine (C=N–C) groups is 1. The van der Waals surface area contributed by atoms with Crippen LogP contribution in [0.3, 0.4) is 0 Å². The molecule has 29 heavy (non-hydrogen) atoms. The number of guanidine groups is 1. The van der Waals surface area contributed by atoms with Crippen molar-refractivity contribution in [3.8, 4) is 0 Å². The van der Waals surface area contributed by atoms with Gasteiger partial charge < -0.3 is 19.5 Å². The lowest BCUT2D eigenvalue weighted by molar-refractivity contribution is 0.0223. The normalized spacial score (nSPS) is 16.9. The van der Waals surface area contributed by atoms with E-state index >= 15 is 0 Å². The highest BCUT2D eigenvalue weighted by molar-refractivity contribution is 14.0. The summed E-state index contributed by atoms with van der Waals surface area (Å²) >= 11 is 0. The minimum absolute atomic E-state index is 0. The van der Waals surface area contributed by atoms with E-state index in [0.29, 0.717) is 6.54 Å². The molecule has 1 aromatic heterocycles. The van der Waals surface area contributed by atoms with E-state index in [0.717, 1.165) is 57.3 Å². The van der Waals surface area contributed by atoms with E-state index in [1.165, 1.54) is 12.0 Å². The summed E-state index contributed by atoms with van der Waals surface area (Å²) in [6, 6.07) is 10.5. The Morgan fingerprint density at radius 2 is 2.14 bits per heavy atom. The summed E-state index contributed by atoms with van der Waals surface area (Å²) in [5.41, 5.74) is 1.26. The molecule has 0 aliphatic carbocycles. The van der Waals surface area contributed by atoms with Gasteiger partial charge in [0.05, 0.1) is 12.6 Å². The lowest BCUT2D eigenvalue weighted by atomic mass is 10.1. The van der Waals surface area contributed by atoms with E-state index < -0.39 is 0 Å². The maximum absolute atomic E-state index is 5.85. The Kier molecular flexibility index (Phi) is 10.4. The maximum atomic E-state index is 5.85. The summed E-state index contributed by atoms with van der Waals surface area (Å²) in [7, 11) is 2.08. The second-order valence-electron chi connectivity index (χ2n) is 7.22. The van der Waals surface area contributed by atoms with Crippen LogP contribution in [0.4, 0.5) is 0 Å². The quantitative estimate of drug-likeness (QED) is 0.335. The van der Waals surface area contributed by atoms with E-state index in [4.69, 9.17) is 9.73 Å². The summed E-state index contributed by atoms with van der Waals surface area (Å²) in [5, 5.41) is 11.7. The minimum Gasteiger partial charge on any atom is -0.376 e. The predicted molar refractivity (Wildman–Crippen MR) is 127 cm³/mol. The van der Waals surface area contributed by atoms with E-state index in [1.54, 1.807) is 6.33 Å². The zero-order valence-corrected chi connectivity index (χ0v) is 19.8. The molecule has 160 valence electrons. The fraction of sp³-hybridized carbons (Fsp3) is 0.571. The number of hydrogen-bond acceptors (Lipinski definition) is 4. The molecule has 1 unspecified atom stereocenters. The van der Waals surface area contributed by atoms with Crippen LogP contribution in [0.25, 0.3) is 0 Å². The third-order valence-corrected chi connectivity index (χ3v) is 4.99. The van der Waals surface area contributed by atoms with Crippen molar-refractivity contribution in [1.82, 2.24) is 25.0 Å². The molecule has 1 aromatic carbocycles. The van der Waals surface area contributed by atoms with Crippen molar-refractivity contribution in [2.75, 3.05) is 26.7 Å². The third-order valence-electron chi connectivity index (χ3n) is 4.99. The number of benzene rings is 1. The van der Waals surface area contributed by atoms with E-state index in [-0.39, 0.29) is 30.1 Å². The van der Waals surface area contributed by atoms with E-state index in [1.807, 2.05) is 6.07 Å². The first-order valence-electron chi connectivity index (χ1n) is 10.3. The highest BCUT2D eigenvalue weighted by Gasteiger charge is 2.15. The molecule has 0 radical (unpaired) electrons. The molecular formula is C21H33IN6O. The van der Waals surface area contributed by atoms with Crippen molar-refractivity contribution in [1.29, 1.82) is 0 Å². The maximum Gasteiger partial charge on any atom is 0.194 e. The second kappa shape index (κ2) is 12.8. The largest absolute Gasteiger partial charge is 0.376 e. The third kappa shape index (κ3) is 7.58. The average Bonchev–Trinajstić information content (AvgIpc) is 3.19. The van der Waals surface area contributed by atoms with E-state index in [2.05, 4.69) is 63.2 Å². The number of aryl methyl sites for hydroxylation is 1. The summed E-state index contributed by atoms with van der Waals surface area (Å²) in [6.07, 6.45) is 6.41. The Morgan fingerprint density at radius 1 is 1.31 bits per heavy atom. The van der Waals surface area contributed by atoms with Crippen molar-refractivity contribution in [2.24, 2.45) is 4.99 Å². The molecular weight excluding hydrogens is 479 g/mol. The van der Waals surface area contributed by atoms with Gasteiger partial charge in [0.25, 0.3) is 0 Å². The average molecular weight is 512 g/mol. The van der Waals surface area contributed by atoms with Crippen molar-refractivity contribution in [3.05, 3.63) is 48.0 Å². The number of ether oxygens (including phenoxy) is 1. The topological polar surface area (TPSA) is 67.6 Å². The standard InChI is InChI=1S/C21H32N6O.HI/c1-3-20-25-24-17-27(20)13-12-22-21(23-15-19-11-7-8-14-28-19)26(2)16-18-9-5-4-6-10-18;/h4-6,9-10,17,19H,3,7-8,11-16H2,1-2H3,(H,22,23);1H. The molecule has 2 aromatic rings. The van der Waals surface area contributed by atoms with Gasteiger partial charge in [0.1, 0.15) is 12.2 Å². The molecule has 1 aliphatic heterocycles. The van der Waals surface area contributed by atoms with Gasteiger partial charge in [-0.2, -0.15) is 0 Å². The van der Waals surface area contributed by atoms with Crippen LogP contribution in [0.2, 0.25) is 0 Å². The van der Waals surface area contributed by atoms with Crippen LogP contribution in [-0.4, -0.2) is 58.5 Å². The van der Waals surface area contributed by atoms with Gasteiger partial charge in [0, 0.05) is 39.7 Å². The van der Waals surface area contributed by atoms with Gasteiger partial charge >= 0.3 is 0 Å².